The standard InChI is InChI=1S/C16H21BrN2O3/c1-11-8-13(6-7-14(11)17)22-10-16(21)19-18-15(20)9-12-4-2-3-5-12/h6-8,12H,2-5,9-10H2,1H3,(H,18,20)(H,19,21). The lowest BCUT2D eigenvalue weighted by molar-refractivity contribution is -0.130. The van der Waals surface area contributed by atoms with Gasteiger partial charge in [-0.3, -0.25) is 20.4 Å². The highest BCUT2D eigenvalue weighted by atomic mass is 79.9. The Kier molecular flexibility index (Phi) is 6.24. The predicted octanol–water partition coefficient (Wildman–Crippen LogP) is 2.86. The molecule has 22 heavy (non-hydrogen) atoms. The van der Waals surface area contributed by atoms with Gasteiger partial charge < -0.3 is 4.74 Å². The van der Waals surface area contributed by atoms with E-state index in [1.54, 1.807) is 6.07 Å². The number of hydrazine groups is 1. The number of carbonyl (C=O) groups is 2. The zero-order valence-corrected chi connectivity index (χ0v) is 14.2. The number of rotatable bonds is 5. The summed E-state index contributed by atoms with van der Waals surface area (Å²) in [5, 5.41) is 0. The molecule has 0 aromatic heterocycles. The van der Waals surface area contributed by atoms with Crippen LogP contribution >= 0.6 is 15.9 Å². The normalized spacial score (nSPS) is 14.6. The molecule has 1 aromatic carbocycles. The van der Waals surface area contributed by atoms with Gasteiger partial charge in [0.25, 0.3) is 5.91 Å². The van der Waals surface area contributed by atoms with Gasteiger partial charge in [-0.05, 0) is 49.4 Å². The van der Waals surface area contributed by atoms with Crippen LogP contribution in [0.2, 0.25) is 0 Å². The van der Waals surface area contributed by atoms with Gasteiger partial charge in [0.1, 0.15) is 5.75 Å². The Balaban J connectivity index is 1.66. The highest BCUT2D eigenvalue weighted by Gasteiger charge is 2.18. The van der Waals surface area contributed by atoms with Gasteiger partial charge in [-0.15, -0.1) is 0 Å². The van der Waals surface area contributed by atoms with Crippen LogP contribution in [0.15, 0.2) is 22.7 Å². The third kappa shape index (κ3) is 5.33. The van der Waals surface area contributed by atoms with Crippen LogP contribution in [0.3, 0.4) is 0 Å². The van der Waals surface area contributed by atoms with Crippen LogP contribution in [0.25, 0.3) is 0 Å². The maximum atomic E-state index is 11.7. The molecule has 0 unspecified atom stereocenters. The first-order valence-electron chi connectivity index (χ1n) is 7.51. The highest BCUT2D eigenvalue weighted by molar-refractivity contribution is 9.10. The molecule has 1 aliphatic rings. The zero-order chi connectivity index (χ0) is 15.9. The number of amides is 2. The van der Waals surface area contributed by atoms with Gasteiger partial charge in [0, 0.05) is 10.9 Å². The molecule has 5 nitrogen and oxygen atoms in total. The summed E-state index contributed by atoms with van der Waals surface area (Å²) < 4.78 is 6.37. The van der Waals surface area contributed by atoms with Crippen LogP contribution in [0.5, 0.6) is 5.75 Å². The van der Waals surface area contributed by atoms with Gasteiger partial charge in [0.15, 0.2) is 6.61 Å². The van der Waals surface area contributed by atoms with E-state index in [4.69, 9.17) is 4.74 Å². The van der Waals surface area contributed by atoms with E-state index in [1.165, 1.54) is 12.8 Å². The molecule has 0 saturated heterocycles. The Morgan fingerprint density at radius 1 is 1.23 bits per heavy atom. The van der Waals surface area contributed by atoms with Crippen molar-refractivity contribution in [1.29, 1.82) is 0 Å². The SMILES string of the molecule is Cc1cc(OCC(=O)NNC(=O)CC2CCCC2)ccc1Br. The summed E-state index contributed by atoms with van der Waals surface area (Å²) in [5.41, 5.74) is 5.85. The van der Waals surface area contributed by atoms with Crippen LogP contribution in [-0.4, -0.2) is 18.4 Å². The maximum Gasteiger partial charge on any atom is 0.276 e. The smallest absolute Gasteiger partial charge is 0.276 e. The minimum Gasteiger partial charge on any atom is -0.484 e. The van der Waals surface area contributed by atoms with Gasteiger partial charge in [-0.25, -0.2) is 0 Å². The lowest BCUT2D eigenvalue weighted by Crippen LogP contribution is -2.44. The Morgan fingerprint density at radius 3 is 2.59 bits per heavy atom. The fourth-order valence-corrected chi connectivity index (χ4v) is 2.81. The Bertz CT molecular complexity index is 542. The predicted molar refractivity (Wildman–Crippen MR) is 87.2 cm³/mol. The van der Waals surface area contributed by atoms with Gasteiger partial charge in [0.2, 0.25) is 5.91 Å². The molecule has 2 N–H and O–H groups in total. The number of aryl methyl sites for hydroxylation is 1. The second-order valence-corrected chi connectivity index (χ2v) is 6.50. The Morgan fingerprint density at radius 2 is 1.91 bits per heavy atom. The molecule has 2 rings (SSSR count). The Hall–Kier alpha value is -1.56. The van der Waals surface area contributed by atoms with Gasteiger partial charge in [-0.1, -0.05) is 28.8 Å². The van der Waals surface area contributed by atoms with Crippen LogP contribution in [-0.2, 0) is 9.59 Å². The van der Waals surface area contributed by atoms with Crippen LogP contribution in [0.4, 0.5) is 0 Å². The molecular formula is C16H21BrN2O3. The molecule has 6 heteroatoms. The van der Waals surface area contributed by atoms with E-state index in [0.717, 1.165) is 22.9 Å². The molecule has 0 radical (unpaired) electrons. The van der Waals surface area contributed by atoms with E-state index in [0.29, 0.717) is 18.1 Å². The largest absolute Gasteiger partial charge is 0.484 e. The van der Waals surface area contributed by atoms with Crippen LogP contribution < -0.4 is 15.6 Å². The first kappa shape index (κ1) is 16.8. The van der Waals surface area contributed by atoms with Gasteiger partial charge in [-0.2, -0.15) is 0 Å². The summed E-state index contributed by atoms with van der Waals surface area (Å²) in [6, 6.07) is 5.49. The summed E-state index contributed by atoms with van der Waals surface area (Å²) in [6.07, 6.45) is 5.09. The fourth-order valence-electron chi connectivity index (χ4n) is 2.56. The number of hydrogen-bond acceptors (Lipinski definition) is 3. The molecule has 0 heterocycles. The van der Waals surface area contributed by atoms with E-state index in [1.807, 2.05) is 19.1 Å². The summed E-state index contributed by atoms with van der Waals surface area (Å²) in [6.45, 7) is 1.81. The van der Waals surface area contributed by atoms with E-state index in [9.17, 15) is 9.59 Å². The van der Waals surface area contributed by atoms with Crippen molar-refractivity contribution in [3.63, 3.8) is 0 Å². The molecule has 0 atom stereocenters. The van der Waals surface area contributed by atoms with Crippen molar-refractivity contribution in [2.24, 2.45) is 5.92 Å². The second-order valence-electron chi connectivity index (χ2n) is 5.65. The number of halogens is 1. The number of benzene rings is 1. The topological polar surface area (TPSA) is 67.4 Å². The van der Waals surface area contributed by atoms with E-state index in [-0.39, 0.29) is 18.4 Å². The maximum absolute atomic E-state index is 11.7. The third-order valence-electron chi connectivity index (χ3n) is 3.79. The van der Waals surface area contributed by atoms with Gasteiger partial charge in [0.05, 0.1) is 0 Å². The van der Waals surface area contributed by atoms with E-state index >= 15 is 0 Å². The minimum atomic E-state index is -0.375. The number of carbonyl (C=O) groups excluding carboxylic acids is 2. The first-order valence-corrected chi connectivity index (χ1v) is 8.30. The molecule has 120 valence electrons. The van der Waals surface area contributed by atoms with Crippen molar-refractivity contribution < 1.29 is 14.3 Å². The molecule has 1 aromatic rings. The summed E-state index contributed by atoms with van der Waals surface area (Å²) >= 11 is 3.40. The number of ether oxygens (including phenoxy) is 1. The molecule has 2 amide bonds. The van der Waals surface area contributed by atoms with Crippen molar-refractivity contribution in [2.45, 2.75) is 39.0 Å². The lowest BCUT2D eigenvalue weighted by atomic mass is 10.0. The molecular weight excluding hydrogens is 348 g/mol. The summed E-state index contributed by atoms with van der Waals surface area (Å²) in [7, 11) is 0. The molecule has 1 aliphatic carbocycles. The molecule has 0 spiro atoms. The van der Waals surface area contributed by atoms with Crippen molar-refractivity contribution in [3.05, 3.63) is 28.2 Å². The zero-order valence-electron chi connectivity index (χ0n) is 12.7. The minimum absolute atomic E-state index is 0.134. The quantitative estimate of drug-likeness (QED) is 0.785. The fraction of sp³-hybridized carbons (Fsp3) is 0.500. The van der Waals surface area contributed by atoms with E-state index < -0.39 is 0 Å². The average molecular weight is 369 g/mol. The summed E-state index contributed by atoms with van der Waals surface area (Å²) in [5.74, 6) is 0.562. The van der Waals surface area contributed by atoms with Crippen molar-refractivity contribution in [1.82, 2.24) is 10.9 Å². The van der Waals surface area contributed by atoms with Crippen molar-refractivity contribution in [3.8, 4) is 5.75 Å². The monoisotopic (exact) mass is 368 g/mol. The molecule has 1 fully saturated rings. The molecule has 0 bridgehead atoms. The lowest BCUT2D eigenvalue weighted by Gasteiger charge is -2.11. The number of hydrogen-bond donors (Lipinski definition) is 2. The van der Waals surface area contributed by atoms with Gasteiger partial charge >= 0.3 is 0 Å². The number of nitrogens with one attached hydrogen (secondary N) is 2. The van der Waals surface area contributed by atoms with Crippen molar-refractivity contribution in [2.75, 3.05) is 6.61 Å². The Labute approximate surface area is 138 Å². The molecule has 1 saturated carbocycles. The van der Waals surface area contributed by atoms with Crippen LogP contribution in [0.1, 0.15) is 37.7 Å². The van der Waals surface area contributed by atoms with E-state index in [2.05, 4.69) is 26.8 Å². The third-order valence-corrected chi connectivity index (χ3v) is 4.68. The summed E-state index contributed by atoms with van der Waals surface area (Å²) in [4.78, 5) is 23.3. The highest BCUT2D eigenvalue weighted by Crippen LogP contribution is 2.27. The second kappa shape index (κ2) is 8.17. The molecule has 0 aliphatic heterocycles. The van der Waals surface area contributed by atoms with Crippen molar-refractivity contribution >= 4 is 27.7 Å². The first-order chi connectivity index (χ1) is 10.5. The van der Waals surface area contributed by atoms with Crippen LogP contribution in [0, 0.1) is 12.8 Å². The average Bonchev–Trinajstić information content (AvgIpc) is 2.99.